The fourth-order valence-corrected chi connectivity index (χ4v) is 3.15. The number of benzene rings is 2. The summed E-state index contributed by atoms with van der Waals surface area (Å²) >= 11 is 0. The number of hydrogen-bond acceptors (Lipinski definition) is 5. The van der Waals surface area contributed by atoms with Gasteiger partial charge in [-0.25, -0.2) is 4.79 Å². The van der Waals surface area contributed by atoms with Crippen LogP contribution in [-0.4, -0.2) is 17.0 Å². The molecular weight excluding hydrogens is 380 g/mol. The molecule has 2 aromatic carbocycles. The summed E-state index contributed by atoms with van der Waals surface area (Å²) in [5, 5.41) is 3.59. The fourth-order valence-electron chi connectivity index (χ4n) is 3.15. The highest BCUT2D eigenvalue weighted by molar-refractivity contribution is 5.93. The van der Waals surface area contributed by atoms with E-state index in [1.54, 1.807) is 25.3 Å². The lowest BCUT2D eigenvalue weighted by Gasteiger charge is -2.15. The standard InChI is InChI=1S/C24H20N2O4/c1-16(24(28)26-15-18-9-5-6-12-25-18)29-19-10-11-20-21(17-7-3-2-4-8-17)14-23(27)30-22(20)13-19/h2-14,16H,15H2,1H3,(H,26,28)/t16-/m1/s1. The molecule has 0 bridgehead atoms. The highest BCUT2D eigenvalue weighted by Gasteiger charge is 2.16. The number of amides is 1. The minimum atomic E-state index is -0.727. The Balaban J connectivity index is 1.52. The molecule has 0 saturated heterocycles. The summed E-state index contributed by atoms with van der Waals surface area (Å²) in [5.41, 5.74) is 2.43. The zero-order valence-electron chi connectivity index (χ0n) is 16.4. The van der Waals surface area contributed by atoms with E-state index in [1.165, 1.54) is 6.07 Å². The predicted molar refractivity (Wildman–Crippen MR) is 114 cm³/mol. The number of aromatic nitrogens is 1. The van der Waals surface area contributed by atoms with Crippen LogP contribution in [-0.2, 0) is 11.3 Å². The molecule has 0 aliphatic heterocycles. The topological polar surface area (TPSA) is 81.4 Å². The Morgan fingerprint density at radius 2 is 1.87 bits per heavy atom. The number of fused-ring (bicyclic) bond motifs is 1. The molecule has 150 valence electrons. The van der Waals surface area contributed by atoms with Crippen molar-refractivity contribution in [3.05, 3.63) is 95.1 Å². The van der Waals surface area contributed by atoms with Gasteiger partial charge < -0.3 is 14.5 Å². The maximum absolute atomic E-state index is 12.3. The Morgan fingerprint density at radius 3 is 2.63 bits per heavy atom. The molecule has 1 N–H and O–H groups in total. The van der Waals surface area contributed by atoms with E-state index in [4.69, 9.17) is 9.15 Å². The van der Waals surface area contributed by atoms with E-state index >= 15 is 0 Å². The minimum absolute atomic E-state index is 0.264. The first-order chi connectivity index (χ1) is 14.6. The summed E-state index contributed by atoms with van der Waals surface area (Å²) in [5.74, 6) is 0.177. The van der Waals surface area contributed by atoms with E-state index in [1.807, 2.05) is 54.6 Å². The second kappa shape index (κ2) is 8.61. The number of carbonyl (C=O) groups excluding carboxylic acids is 1. The van der Waals surface area contributed by atoms with Crippen LogP contribution in [0, 0.1) is 0 Å². The smallest absolute Gasteiger partial charge is 0.336 e. The quantitative estimate of drug-likeness (QED) is 0.496. The lowest BCUT2D eigenvalue weighted by atomic mass is 10.0. The van der Waals surface area contributed by atoms with Crippen LogP contribution in [0.25, 0.3) is 22.1 Å². The molecule has 0 aliphatic rings. The molecule has 30 heavy (non-hydrogen) atoms. The van der Waals surface area contributed by atoms with Crippen LogP contribution in [0.15, 0.2) is 88.2 Å². The van der Waals surface area contributed by atoms with Gasteiger partial charge in [0, 0.05) is 23.7 Å². The normalized spacial score (nSPS) is 11.8. The molecule has 4 aromatic rings. The summed E-state index contributed by atoms with van der Waals surface area (Å²) in [7, 11) is 0. The SMILES string of the molecule is C[C@@H](Oc1ccc2c(-c3ccccc3)cc(=O)oc2c1)C(=O)NCc1ccccn1. The summed E-state index contributed by atoms with van der Waals surface area (Å²) in [6, 6.07) is 21.8. The number of rotatable bonds is 6. The summed E-state index contributed by atoms with van der Waals surface area (Å²) in [6.45, 7) is 1.98. The molecule has 0 radical (unpaired) electrons. The van der Waals surface area contributed by atoms with Crippen molar-refractivity contribution in [2.45, 2.75) is 19.6 Å². The lowest BCUT2D eigenvalue weighted by Crippen LogP contribution is -2.36. The van der Waals surface area contributed by atoms with Gasteiger partial charge in [-0.3, -0.25) is 9.78 Å². The third-order valence-electron chi connectivity index (χ3n) is 4.65. The van der Waals surface area contributed by atoms with Crippen LogP contribution in [0.3, 0.4) is 0 Å². The lowest BCUT2D eigenvalue weighted by molar-refractivity contribution is -0.127. The van der Waals surface area contributed by atoms with Crippen LogP contribution in [0.1, 0.15) is 12.6 Å². The van der Waals surface area contributed by atoms with E-state index < -0.39 is 11.7 Å². The summed E-state index contributed by atoms with van der Waals surface area (Å²) in [4.78, 5) is 28.6. The Morgan fingerprint density at radius 1 is 1.07 bits per heavy atom. The van der Waals surface area contributed by atoms with Crippen LogP contribution in [0.2, 0.25) is 0 Å². The van der Waals surface area contributed by atoms with Gasteiger partial charge in [0.1, 0.15) is 11.3 Å². The zero-order valence-corrected chi connectivity index (χ0v) is 16.4. The van der Waals surface area contributed by atoms with Crippen LogP contribution in [0.4, 0.5) is 0 Å². The zero-order chi connectivity index (χ0) is 20.9. The van der Waals surface area contributed by atoms with Crippen LogP contribution in [0.5, 0.6) is 5.75 Å². The van der Waals surface area contributed by atoms with E-state index in [0.29, 0.717) is 17.9 Å². The van der Waals surface area contributed by atoms with Crippen molar-refractivity contribution in [2.75, 3.05) is 0 Å². The molecule has 6 heteroatoms. The predicted octanol–water partition coefficient (Wildman–Crippen LogP) is 3.94. The highest BCUT2D eigenvalue weighted by atomic mass is 16.5. The number of carbonyl (C=O) groups is 1. The van der Waals surface area contributed by atoms with Crippen molar-refractivity contribution in [1.29, 1.82) is 0 Å². The molecule has 4 rings (SSSR count). The van der Waals surface area contributed by atoms with Gasteiger partial charge in [0.15, 0.2) is 6.10 Å². The first-order valence-electron chi connectivity index (χ1n) is 9.58. The first kappa shape index (κ1) is 19.4. The molecular formula is C24H20N2O4. The average molecular weight is 400 g/mol. The minimum Gasteiger partial charge on any atom is -0.481 e. The maximum atomic E-state index is 12.3. The Hall–Kier alpha value is -3.93. The van der Waals surface area contributed by atoms with E-state index in [-0.39, 0.29) is 5.91 Å². The Labute approximate surface area is 173 Å². The number of hydrogen-bond donors (Lipinski definition) is 1. The van der Waals surface area contributed by atoms with E-state index in [0.717, 1.165) is 22.2 Å². The molecule has 0 unspecified atom stereocenters. The van der Waals surface area contributed by atoms with E-state index in [2.05, 4.69) is 10.3 Å². The third kappa shape index (κ3) is 4.38. The van der Waals surface area contributed by atoms with Crippen molar-refractivity contribution in [3.63, 3.8) is 0 Å². The molecule has 2 heterocycles. The van der Waals surface area contributed by atoms with Crippen LogP contribution < -0.4 is 15.7 Å². The van der Waals surface area contributed by atoms with Crippen LogP contribution >= 0.6 is 0 Å². The van der Waals surface area contributed by atoms with Crippen molar-refractivity contribution in [1.82, 2.24) is 10.3 Å². The summed E-state index contributed by atoms with van der Waals surface area (Å²) in [6.07, 6.45) is 0.948. The number of nitrogens with zero attached hydrogens (tertiary/aromatic N) is 1. The average Bonchev–Trinajstić information content (AvgIpc) is 2.78. The van der Waals surface area contributed by atoms with Gasteiger partial charge in [-0.15, -0.1) is 0 Å². The largest absolute Gasteiger partial charge is 0.481 e. The molecule has 2 aromatic heterocycles. The van der Waals surface area contributed by atoms with Gasteiger partial charge in [0.2, 0.25) is 0 Å². The highest BCUT2D eigenvalue weighted by Crippen LogP contribution is 2.29. The van der Waals surface area contributed by atoms with Crippen molar-refractivity contribution >= 4 is 16.9 Å². The number of nitrogens with one attached hydrogen (secondary N) is 1. The Bertz CT molecular complexity index is 1220. The van der Waals surface area contributed by atoms with Gasteiger partial charge >= 0.3 is 5.63 Å². The van der Waals surface area contributed by atoms with Crippen molar-refractivity contribution < 1.29 is 13.9 Å². The molecule has 6 nitrogen and oxygen atoms in total. The summed E-state index contributed by atoms with van der Waals surface area (Å²) < 4.78 is 11.1. The van der Waals surface area contributed by atoms with Crippen molar-refractivity contribution in [3.8, 4) is 16.9 Å². The van der Waals surface area contributed by atoms with Gasteiger partial charge in [-0.1, -0.05) is 36.4 Å². The van der Waals surface area contributed by atoms with Gasteiger partial charge in [0.25, 0.3) is 5.91 Å². The molecule has 0 aliphatic carbocycles. The molecule has 1 atom stereocenters. The van der Waals surface area contributed by atoms with E-state index in [9.17, 15) is 9.59 Å². The second-order valence-electron chi connectivity index (χ2n) is 6.80. The first-order valence-corrected chi connectivity index (χ1v) is 9.58. The Kier molecular flexibility index (Phi) is 5.57. The second-order valence-corrected chi connectivity index (χ2v) is 6.80. The van der Waals surface area contributed by atoms with Gasteiger partial charge in [-0.2, -0.15) is 0 Å². The number of pyridine rings is 1. The van der Waals surface area contributed by atoms with Gasteiger partial charge in [-0.05, 0) is 42.3 Å². The molecule has 1 amide bonds. The molecule has 0 spiro atoms. The van der Waals surface area contributed by atoms with Crippen molar-refractivity contribution in [2.24, 2.45) is 0 Å². The fraction of sp³-hybridized carbons (Fsp3) is 0.125. The molecule has 0 saturated carbocycles. The third-order valence-corrected chi connectivity index (χ3v) is 4.65. The number of ether oxygens (including phenoxy) is 1. The van der Waals surface area contributed by atoms with Gasteiger partial charge in [0.05, 0.1) is 12.2 Å². The molecule has 0 fully saturated rings. The maximum Gasteiger partial charge on any atom is 0.336 e. The monoisotopic (exact) mass is 400 g/mol.